The summed E-state index contributed by atoms with van der Waals surface area (Å²) in [7, 11) is 0. The van der Waals surface area contributed by atoms with Crippen molar-refractivity contribution in [3.63, 3.8) is 0 Å². The van der Waals surface area contributed by atoms with Crippen molar-refractivity contribution in [1.82, 2.24) is 0 Å². The molecule has 0 radical (unpaired) electrons. The average Bonchev–Trinajstić information content (AvgIpc) is 2.48. The molecule has 104 valence electrons. The molecule has 2 aromatic rings. The Kier molecular flexibility index (Phi) is 4.20. The Labute approximate surface area is 116 Å². The largest absolute Gasteiger partial charge is 0.489 e. The third-order valence-electron chi connectivity index (χ3n) is 2.89. The van der Waals surface area contributed by atoms with E-state index in [1.54, 1.807) is 31.2 Å². The maximum atomic E-state index is 13.1. The van der Waals surface area contributed by atoms with Gasteiger partial charge in [0.05, 0.1) is 0 Å². The van der Waals surface area contributed by atoms with Crippen LogP contribution >= 0.6 is 0 Å². The van der Waals surface area contributed by atoms with Crippen molar-refractivity contribution in [3.05, 3.63) is 65.0 Å². The van der Waals surface area contributed by atoms with Gasteiger partial charge in [0.2, 0.25) is 0 Å². The van der Waals surface area contributed by atoms with Gasteiger partial charge in [0.1, 0.15) is 18.2 Å². The highest BCUT2D eigenvalue weighted by Crippen LogP contribution is 2.17. The van der Waals surface area contributed by atoms with E-state index in [0.29, 0.717) is 23.5 Å². The number of hydrogen-bond donors (Lipinski definition) is 2. The third kappa shape index (κ3) is 3.26. The lowest BCUT2D eigenvalue weighted by Gasteiger charge is -2.08. The van der Waals surface area contributed by atoms with Crippen LogP contribution in [0.4, 0.5) is 4.39 Å². The maximum Gasteiger partial charge on any atom is 0.170 e. The zero-order chi connectivity index (χ0) is 14.5. The van der Waals surface area contributed by atoms with Crippen LogP contribution in [0.5, 0.6) is 5.75 Å². The predicted octanol–water partition coefficient (Wildman–Crippen LogP) is 2.81. The summed E-state index contributed by atoms with van der Waals surface area (Å²) in [6.07, 6.45) is 0. The zero-order valence-electron chi connectivity index (χ0n) is 11.0. The second-order valence-corrected chi connectivity index (χ2v) is 4.38. The first-order valence-electron chi connectivity index (χ1n) is 6.06. The van der Waals surface area contributed by atoms with Crippen molar-refractivity contribution in [1.29, 1.82) is 0 Å². The molecule has 0 heterocycles. The lowest BCUT2D eigenvalue weighted by atomic mass is 10.1. The van der Waals surface area contributed by atoms with Crippen molar-refractivity contribution < 1.29 is 14.3 Å². The fourth-order valence-electron chi connectivity index (χ4n) is 1.70. The summed E-state index contributed by atoms with van der Waals surface area (Å²) in [4.78, 5) is 0. The van der Waals surface area contributed by atoms with Gasteiger partial charge in [-0.3, -0.25) is 0 Å². The molecular weight excluding hydrogens is 259 g/mol. The SMILES string of the molecule is Cc1cc(OCc2ccc(/C(N)=N/O)cc2)ccc1F. The van der Waals surface area contributed by atoms with Gasteiger partial charge in [-0.1, -0.05) is 29.4 Å². The number of oxime groups is 1. The molecule has 2 rings (SSSR count). The van der Waals surface area contributed by atoms with Crippen LogP contribution in [0.25, 0.3) is 0 Å². The van der Waals surface area contributed by atoms with Gasteiger partial charge >= 0.3 is 0 Å². The molecule has 2 aromatic carbocycles. The minimum atomic E-state index is -0.250. The fraction of sp³-hybridized carbons (Fsp3) is 0.133. The van der Waals surface area contributed by atoms with E-state index in [1.807, 2.05) is 12.1 Å². The van der Waals surface area contributed by atoms with Crippen LogP contribution in [0.15, 0.2) is 47.6 Å². The highest BCUT2D eigenvalue weighted by Gasteiger charge is 2.02. The first-order chi connectivity index (χ1) is 9.60. The third-order valence-corrected chi connectivity index (χ3v) is 2.89. The summed E-state index contributed by atoms with van der Waals surface area (Å²) in [5.41, 5.74) is 7.58. The van der Waals surface area contributed by atoms with Gasteiger partial charge in [0, 0.05) is 5.56 Å². The molecule has 0 aliphatic carbocycles. The van der Waals surface area contributed by atoms with E-state index >= 15 is 0 Å². The van der Waals surface area contributed by atoms with Crippen molar-refractivity contribution >= 4 is 5.84 Å². The number of nitrogens with zero attached hydrogens (tertiary/aromatic N) is 1. The van der Waals surface area contributed by atoms with Crippen LogP contribution < -0.4 is 10.5 Å². The summed E-state index contributed by atoms with van der Waals surface area (Å²) in [6.45, 7) is 2.05. The molecule has 0 unspecified atom stereocenters. The normalized spacial score (nSPS) is 11.4. The minimum absolute atomic E-state index is 0.0617. The number of halogens is 1. The Balaban J connectivity index is 2.02. The van der Waals surface area contributed by atoms with Crippen LogP contribution in [-0.4, -0.2) is 11.0 Å². The number of benzene rings is 2. The highest BCUT2D eigenvalue weighted by atomic mass is 19.1. The second-order valence-electron chi connectivity index (χ2n) is 4.38. The molecule has 20 heavy (non-hydrogen) atoms. The number of ether oxygens (including phenoxy) is 1. The van der Waals surface area contributed by atoms with E-state index in [0.717, 1.165) is 5.56 Å². The topological polar surface area (TPSA) is 67.8 Å². The molecule has 0 aliphatic heterocycles. The van der Waals surface area contributed by atoms with Crippen molar-refractivity contribution in [2.75, 3.05) is 0 Å². The average molecular weight is 274 g/mol. The smallest absolute Gasteiger partial charge is 0.170 e. The van der Waals surface area contributed by atoms with Gasteiger partial charge in [0.15, 0.2) is 5.84 Å². The molecule has 0 atom stereocenters. The van der Waals surface area contributed by atoms with Crippen LogP contribution in [0.2, 0.25) is 0 Å². The standard InChI is InChI=1S/C15H15FN2O2/c1-10-8-13(6-7-14(10)16)20-9-11-2-4-12(5-3-11)15(17)18-19/h2-8,19H,9H2,1H3,(H2,17,18). The van der Waals surface area contributed by atoms with Crippen LogP contribution in [0.1, 0.15) is 16.7 Å². The number of aryl methyl sites for hydroxylation is 1. The molecule has 0 saturated carbocycles. The number of hydrogen-bond acceptors (Lipinski definition) is 3. The van der Waals surface area contributed by atoms with E-state index < -0.39 is 0 Å². The number of rotatable bonds is 4. The van der Waals surface area contributed by atoms with E-state index in [1.165, 1.54) is 6.07 Å². The van der Waals surface area contributed by atoms with E-state index in [-0.39, 0.29) is 11.7 Å². The monoisotopic (exact) mass is 274 g/mol. The molecule has 4 nitrogen and oxygen atoms in total. The summed E-state index contributed by atoms with van der Waals surface area (Å²) in [5.74, 6) is 0.427. The minimum Gasteiger partial charge on any atom is -0.489 e. The van der Waals surface area contributed by atoms with Gasteiger partial charge in [-0.15, -0.1) is 0 Å². The van der Waals surface area contributed by atoms with Crippen molar-refractivity contribution in [2.24, 2.45) is 10.9 Å². The predicted molar refractivity (Wildman–Crippen MR) is 74.4 cm³/mol. The molecule has 0 spiro atoms. The molecular formula is C15H15FN2O2. The van der Waals surface area contributed by atoms with Crippen molar-refractivity contribution in [3.8, 4) is 5.75 Å². The van der Waals surface area contributed by atoms with E-state index in [9.17, 15) is 4.39 Å². The van der Waals surface area contributed by atoms with Gasteiger partial charge < -0.3 is 15.7 Å². The molecule has 0 aromatic heterocycles. The number of nitrogens with two attached hydrogens (primary N) is 1. The van der Waals surface area contributed by atoms with Gasteiger partial charge in [-0.25, -0.2) is 4.39 Å². The quantitative estimate of drug-likeness (QED) is 0.390. The van der Waals surface area contributed by atoms with Gasteiger partial charge in [-0.05, 0) is 36.2 Å². The summed E-state index contributed by atoms with van der Waals surface area (Å²) in [6, 6.07) is 11.8. The fourth-order valence-corrected chi connectivity index (χ4v) is 1.70. The van der Waals surface area contributed by atoms with Crippen LogP contribution in [0, 0.1) is 12.7 Å². The lowest BCUT2D eigenvalue weighted by molar-refractivity contribution is 0.305. The first kappa shape index (κ1) is 13.9. The Hall–Kier alpha value is -2.56. The van der Waals surface area contributed by atoms with E-state index in [2.05, 4.69) is 5.16 Å². The first-order valence-corrected chi connectivity index (χ1v) is 6.06. The summed E-state index contributed by atoms with van der Waals surface area (Å²) in [5, 5.41) is 11.5. The molecule has 0 fully saturated rings. The Morgan fingerprint density at radius 3 is 2.55 bits per heavy atom. The second kappa shape index (κ2) is 6.06. The molecule has 0 amide bonds. The summed E-state index contributed by atoms with van der Waals surface area (Å²) < 4.78 is 18.7. The Morgan fingerprint density at radius 1 is 1.25 bits per heavy atom. The van der Waals surface area contributed by atoms with Crippen LogP contribution in [-0.2, 0) is 6.61 Å². The maximum absolute atomic E-state index is 13.1. The zero-order valence-corrected chi connectivity index (χ0v) is 11.0. The van der Waals surface area contributed by atoms with Crippen LogP contribution in [0.3, 0.4) is 0 Å². The molecule has 0 bridgehead atoms. The highest BCUT2D eigenvalue weighted by molar-refractivity contribution is 5.96. The van der Waals surface area contributed by atoms with Crippen molar-refractivity contribution in [2.45, 2.75) is 13.5 Å². The molecule has 5 heteroatoms. The lowest BCUT2D eigenvalue weighted by Crippen LogP contribution is -2.12. The van der Waals surface area contributed by atoms with E-state index in [4.69, 9.17) is 15.7 Å². The number of amidine groups is 1. The molecule has 0 saturated heterocycles. The Bertz CT molecular complexity index is 624. The molecule has 3 N–H and O–H groups in total. The molecule has 0 aliphatic rings. The summed E-state index contributed by atoms with van der Waals surface area (Å²) >= 11 is 0. The Morgan fingerprint density at radius 2 is 1.95 bits per heavy atom. The van der Waals surface area contributed by atoms with Gasteiger partial charge in [0.25, 0.3) is 0 Å². The van der Waals surface area contributed by atoms with Gasteiger partial charge in [-0.2, -0.15) is 0 Å².